The SMILES string of the molecule is Cl.O=C(CN1C[C@@H](C(F)(F)F)[C@H](C(=O)O)C1)Nc1ccccc1[N+](=O)[O-]. The Bertz CT molecular complexity index is 701. The van der Waals surface area contributed by atoms with Crippen LogP contribution < -0.4 is 5.32 Å². The van der Waals surface area contributed by atoms with Gasteiger partial charge in [0.05, 0.1) is 23.3 Å². The van der Waals surface area contributed by atoms with Crippen LogP contribution in [0.25, 0.3) is 0 Å². The fourth-order valence-electron chi connectivity index (χ4n) is 2.73. The molecule has 1 aromatic rings. The summed E-state index contributed by atoms with van der Waals surface area (Å²) in [6, 6.07) is 5.32. The summed E-state index contributed by atoms with van der Waals surface area (Å²) < 4.78 is 38.7. The Kier molecular flexibility index (Phi) is 6.93. The van der Waals surface area contributed by atoms with E-state index < -0.39 is 54.4 Å². The summed E-state index contributed by atoms with van der Waals surface area (Å²) in [6.45, 7) is -1.54. The number of aliphatic carboxylic acids is 1. The van der Waals surface area contributed by atoms with Gasteiger partial charge in [0.1, 0.15) is 5.69 Å². The maximum absolute atomic E-state index is 12.9. The van der Waals surface area contributed by atoms with E-state index in [1.807, 2.05) is 0 Å². The highest BCUT2D eigenvalue weighted by molar-refractivity contribution is 5.94. The van der Waals surface area contributed by atoms with Crippen molar-refractivity contribution in [1.29, 1.82) is 0 Å². The molecule has 8 nitrogen and oxygen atoms in total. The van der Waals surface area contributed by atoms with Crippen LogP contribution >= 0.6 is 12.4 Å². The van der Waals surface area contributed by atoms with Crippen molar-refractivity contribution < 1.29 is 32.8 Å². The molecule has 1 heterocycles. The van der Waals surface area contributed by atoms with Crippen LogP contribution in [-0.4, -0.2) is 52.6 Å². The number of carbonyl (C=O) groups excluding carboxylic acids is 1. The van der Waals surface area contributed by atoms with E-state index in [0.717, 1.165) is 4.90 Å². The van der Waals surface area contributed by atoms with Crippen LogP contribution in [-0.2, 0) is 9.59 Å². The molecule has 0 aliphatic carbocycles. The highest BCUT2D eigenvalue weighted by atomic mass is 35.5. The Balaban J connectivity index is 0.00000338. The molecule has 26 heavy (non-hydrogen) atoms. The van der Waals surface area contributed by atoms with Gasteiger partial charge in [0, 0.05) is 19.2 Å². The molecule has 1 aliphatic heterocycles. The lowest BCUT2D eigenvalue weighted by atomic mass is 9.96. The topological polar surface area (TPSA) is 113 Å². The minimum Gasteiger partial charge on any atom is -0.481 e. The second-order valence-corrected chi connectivity index (χ2v) is 5.61. The number of nitrogens with one attached hydrogen (secondary N) is 1. The van der Waals surface area contributed by atoms with Crippen molar-refractivity contribution in [3.8, 4) is 0 Å². The smallest absolute Gasteiger partial charge is 0.393 e. The average molecular weight is 398 g/mol. The number of halogens is 4. The number of carboxylic acid groups (broad SMARTS) is 1. The molecule has 12 heteroatoms. The number of likely N-dealkylation sites (tertiary alicyclic amines) is 1. The Morgan fingerprint density at radius 2 is 1.92 bits per heavy atom. The Morgan fingerprint density at radius 1 is 1.31 bits per heavy atom. The lowest BCUT2D eigenvalue weighted by molar-refractivity contribution is -0.383. The van der Waals surface area contributed by atoms with Crippen molar-refractivity contribution in [2.75, 3.05) is 25.0 Å². The lowest BCUT2D eigenvalue weighted by Gasteiger charge is -2.18. The van der Waals surface area contributed by atoms with Crippen molar-refractivity contribution in [2.45, 2.75) is 6.18 Å². The second kappa shape index (κ2) is 8.32. The largest absolute Gasteiger partial charge is 0.481 e. The lowest BCUT2D eigenvalue weighted by Crippen LogP contribution is -2.34. The van der Waals surface area contributed by atoms with E-state index in [-0.39, 0.29) is 23.8 Å². The standard InChI is InChI=1S/C14H14F3N3O5.ClH/c15-14(16,17)9-6-19(5-8(9)13(22)23)7-12(21)18-10-3-1-2-4-11(10)20(24)25;/h1-4,8-9H,5-7H2,(H,18,21)(H,22,23);1H/t8-,9-;/m1./s1. The van der Waals surface area contributed by atoms with Gasteiger partial charge in [-0.15, -0.1) is 12.4 Å². The molecular weight excluding hydrogens is 383 g/mol. The van der Waals surface area contributed by atoms with Crippen LogP contribution in [0, 0.1) is 22.0 Å². The van der Waals surface area contributed by atoms with Crippen molar-refractivity contribution in [2.24, 2.45) is 11.8 Å². The van der Waals surface area contributed by atoms with Gasteiger partial charge in [-0.2, -0.15) is 13.2 Å². The molecule has 144 valence electrons. The van der Waals surface area contributed by atoms with Gasteiger partial charge in [-0.25, -0.2) is 0 Å². The van der Waals surface area contributed by atoms with E-state index >= 15 is 0 Å². The van der Waals surface area contributed by atoms with Crippen LogP contribution in [0.1, 0.15) is 0 Å². The predicted octanol–water partition coefficient (Wildman–Crippen LogP) is 2.15. The van der Waals surface area contributed by atoms with Crippen molar-refractivity contribution in [3.63, 3.8) is 0 Å². The molecule has 1 saturated heterocycles. The van der Waals surface area contributed by atoms with E-state index in [9.17, 15) is 32.9 Å². The summed E-state index contributed by atoms with van der Waals surface area (Å²) in [7, 11) is 0. The first-order valence-corrected chi connectivity index (χ1v) is 7.14. The number of carboxylic acids is 1. The number of nitro benzene ring substituents is 1. The number of para-hydroxylation sites is 2. The number of hydrogen-bond acceptors (Lipinski definition) is 5. The zero-order chi connectivity index (χ0) is 18.8. The minimum absolute atomic E-state index is 0. The summed E-state index contributed by atoms with van der Waals surface area (Å²) >= 11 is 0. The van der Waals surface area contributed by atoms with Gasteiger partial charge in [0.15, 0.2) is 0 Å². The number of amides is 1. The third kappa shape index (κ3) is 5.05. The summed E-state index contributed by atoms with van der Waals surface area (Å²) in [6.07, 6.45) is -4.69. The van der Waals surface area contributed by atoms with Gasteiger partial charge in [-0.1, -0.05) is 12.1 Å². The number of hydrogen-bond donors (Lipinski definition) is 2. The molecule has 2 rings (SSSR count). The minimum atomic E-state index is -4.69. The summed E-state index contributed by atoms with van der Waals surface area (Å²) in [5, 5.41) is 22.1. The Labute approximate surface area is 151 Å². The van der Waals surface area contributed by atoms with Crippen LogP contribution in [0.4, 0.5) is 24.5 Å². The van der Waals surface area contributed by atoms with Gasteiger partial charge in [-0.3, -0.25) is 24.6 Å². The first kappa shape index (κ1) is 21.6. The van der Waals surface area contributed by atoms with Crippen LogP contribution in [0.2, 0.25) is 0 Å². The number of nitrogens with zero attached hydrogens (tertiary/aromatic N) is 2. The molecule has 1 aliphatic rings. The first-order valence-electron chi connectivity index (χ1n) is 7.14. The first-order chi connectivity index (χ1) is 11.6. The fraction of sp³-hybridized carbons (Fsp3) is 0.429. The van der Waals surface area contributed by atoms with E-state index in [1.165, 1.54) is 24.3 Å². The summed E-state index contributed by atoms with van der Waals surface area (Å²) in [5.41, 5.74) is -0.437. The maximum Gasteiger partial charge on any atom is 0.393 e. The molecule has 0 saturated carbocycles. The van der Waals surface area contributed by atoms with Crippen LogP contribution in [0.15, 0.2) is 24.3 Å². The van der Waals surface area contributed by atoms with Gasteiger partial charge < -0.3 is 10.4 Å². The molecule has 0 aromatic heterocycles. The maximum atomic E-state index is 12.9. The quantitative estimate of drug-likeness (QED) is 0.581. The summed E-state index contributed by atoms with van der Waals surface area (Å²) in [4.78, 5) is 34.2. The highest BCUT2D eigenvalue weighted by Gasteiger charge is 2.52. The number of anilines is 1. The third-order valence-corrected chi connectivity index (χ3v) is 3.88. The average Bonchev–Trinajstić information content (AvgIpc) is 2.91. The Hall–Kier alpha value is -2.40. The molecule has 2 atom stereocenters. The van der Waals surface area contributed by atoms with Crippen molar-refractivity contribution in [1.82, 2.24) is 4.90 Å². The number of carbonyl (C=O) groups is 2. The molecule has 1 fully saturated rings. The van der Waals surface area contributed by atoms with E-state index in [4.69, 9.17) is 5.11 Å². The number of alkyl halides is 3. The molecular formula is C14H15ClF3N3O5. The van der Waals surface area contributed by atoms with Crippen LogP contribution in [0.5, 0.6) is 0 Å². The van der Waals surface area contributed by atoms with Gasteiger partial charge in [0.25, 0.3) is 5.69 Å². The van der Waals surface area contributed by atoms with Gasteiger partial charge in [-0.05, 0) is 6.07 Å². The second-order valence-electron chi connectivity index (χ2n) is 5.61. The van der Waals surface area contributed by atoms with Crippen molar-refractivity contribution >= 4 is 35.7 Å². The molecule has 1 aromatic carbocycles. The highest BCUT2D eigenvalue weighted by Crippen LogP contribution is 2.37. The summed E-state index contributed by atoms with van der Waals surface area (Å²) in [5.74, 6) is -6.06. The number of rotatable bonds is 5. The molecule has 1 amide bonds. The zero-order valence-corrected chi connectivity index (χ0v) is 13.9. The zero-order valence-electron chi connectivity index (χ0n) is 13.1. The fourth-order valence-corrected chi connectivity index (χ4v) is 2.73. The molecule has 0 unspecified atom stereocenters. The van der Waals surface area contributed by atoms with E-state index in [1.54, 1.807) is 0 Å². The normalized spacial score (nSPS) is 20.3. The molecule has 0 spiro atoms. The number of benzene rings is 1. The Morgan fingerprint density at radius 3 is 2.42 bits per heavy atom. The molecule has 2 N–H and O–H groups in total. The van der Waals surface area contributed by atoms with Crippen LogP contribution in [0.3, 0.4) is 0 Å². The number of nitro groups is 1. The third-order valence-electron chi connectivity index (χ3n) is 3.88. The predicted molar refractivity (Wildman–Crippen MR) is 86.1 cm³/mol. The van der Waals surface area contributed by atoms with Gasteiger partial charge >= 0.3 is 12.1 Å². The van der Waals surface area contributed by atoms with E-state index in [0.29, 0.717) is 0 Å². The van der Waals surface area contributed by atoms with E-state index in [2.05, 4.69) is 5.32 Å². The molecule has 0 bridgehead atoms. The van der Waals surface area contributed by atoms with Gasteiger partial charge in [0.2, 0.25) is 5.91 Å². The monoisotopic (exact) mass is 397 g/mol. The molecule has 0 radical (unpaired) electrons. The van der Waals surface area contributed by atoms with Crippen molar-refractivity contribution in [3.05, 3.63) is 34.4 Å².